The molecule has 1 amide bonds. The van der Waals surface area contributed by atoms with Crippen LogP contribution < -0.4 is 0 Å². The molecule has 0 fully saturated rings. The maximum absolute atomic E-state index is 10.7. The number of hydrogen-bond donors (Lipinski definition) is 1. The van der Waals surface area contributed by atoms with Crippen LogP contribution in [-0.2, 0) is 9.59 Å². The van der Waals surface area contributed by atoms with E-state index in [1.54, 1.807) is 0 Å². The maximum Gasteiger partial charge on any atom is 0.305 e. The SMILES string of the molecule is C=CC(=O)N(C)CCC(=O)O. The molecule has 4 nitrogen and oxygen atoms in total. The first-order chi connectivity index (χ1) is 5.07. The molecule has 0 aliphatic heterocycles. The van der Waals surface area contributed by atoms with Crippen LogP contribution in [0.1, 0.15) is 6.42 Å². The summed E-state index contributed by atoms with van der Waals surface area (Å²) in [5, 5.41) is 8.25. The Morgan fingerprint density at radius 1 is 1.64 bits per heavy atom. The quantitative estimate of drug-likeness (QED) is 0.589. The molecule has 0 atom stereocenters. The Bertz CT molecular complexity index is 177. The average Bonchev–Trinajstić information content (AvgIpc) is 1.98. The van der Waals surface area contributed by atoms with Crippen molar-refractivity contribution >= 4 is 11.9 Å². The second kappa shape index (κ2) is 4.49. The molecule has 0 aromatic heterocycles. The Morgan fingerprint density at radius 3 is 2.55 bits per heavy atom. The fourth-order valence-electron chi connectivity index (χ4n) is 0.529. The first-order valence-electron chi connectivity index (χ1n) is 3.17. The number of carboxylic acid groups (broad SMARTS) is 1. The summed E-state index contributed by atoms with van der Waals surface area (Å²) in [6, 6.07) is 0. The Labute approximate surface area is 65.1 Å². The van der Waals surface area contributed by atoms with Crippen LogP contribution in [0.3, 0.4) is 0 Å². The Morgan fingerprint density at radius 2 is 2.18 bits per heavy atom. The zero-order valence-corrected chi connectivity index (χ0v) is 6.41. The predicted molar refractivity (Wildman–Crippen MR) is 40.1 cm³/mol. The van der Waals surface area contributed by atoms with Crippen molar-refractivity contribution in [3.63, 3.8) is 0 Å². The number of nitrogens with zero attached hydrogens (tertiary/aromatic N) is 1. The highest BCUT2D eigenvalue weighted by Crippen LogP contribution is 1.88. The van der Waals surface area contributed by atoms with E-state index in [0.29, 0.717) is 0 Å². The fourth-order valence-corrected chi connectivity index (χ4v) is 0.529. The molecule has 0 aromatic carbocycles. The van der Waals surface area contributed by atoms with Crippen LogP contribution >= 0.6 is 0 Å². The lowest BCUT2D eigenvalue weighted by Gasteiger charge is -2.12. The molecule has 0 unspecified atom stereocenters. The summed E-state index contributed by atoms with van der Waals surface area (Å²) in [6.45, 7) is 3.49. The minimum atomic E-state index is -0.909. The molecule has 1 N–H and O–H groups in total. The molecule has 0 aliphatic carbocycles. The van der Waals surface area contributed by atoms with Crippen molar-refractivity contribution in [1.82, 2.24) is 4.90 Å². The van der Waals surface area contributed by atoms with Gasteiger partial charge in [-0.05, 0) is 6.08 Å². The zero-order valence-electron chi connectivity index (χ0n) is 6.41. The summed E-state index contributed by atoms with van der Waals surface area (Å²) < 4.78 is 0. The van der Waals surface area contributed by atoms with Crippen LogP contribution in [0.5, 0.6) is 0 Å². The summed E-state index contributed by atoms with van der Waals surface area (Å²) in [5.41, 5.74) is 0. The number of rotatable bonds is 4. The Hall–Kier alpha value is -1.32. The number of likely N-dealkylation sites (N-methyl/N-ethyl adjacent to an activating group) is 1. The second-order valence-corrected chi connectivity index (χ2v) is 2.11. The molecule has 62 valence electrons. The first kappa shape index (κ1) is 9.68. The van der Waals surface area contributed by atoms with E-state index in [4.69, 9.17) is 5.11 Å². The number of carboxylic acids is 1. The van der Waals surface area contributed by atoms with Gasteiger partial charge in [0.2, 0.25) is 5.91 Å². The van der Waals surface area contributed by atoms with E-state index < -0.39 is 5.97 Å². The van der Waals surface area contributed by atoms with Gasteiger partial charge in [0.05, 0.1) is 6.42 Å². The summed E-state index contributed by atoms with van der Waals surface area (Å²) in [5.74, 6) is -1.17. The van der Waals surface area contributed by atoms with E-state index in [9.17, 15) is 9.59 Å². The smallest absolute Gasteiger partial charge is 0.305 e. The Kier molecular flexibility index (Phi) is 3.95. The average molecular weight is 157 g/mol. The van der Waals surface area contributed by atoms with E-state index in [0.717, 1.165) is 6.08 Å². The third-order valence-corrected chi connectivity index (χ3v) is 1.21. The van der Waals surface area contributed by atoms with E-state index in [1.165, 1.54) is 11.9 Å². The molecule has 0 spiro atoms. The van der Waals surface area contributed by atoms with Crippen molar-refractivity contribution in [2.45, 2.75) is 6.42 Å². The first-order valence-corrected chi connectivity index (χ1v) is 3.17. The van der Waals surface area contributed by atoms with E-state index in [-0.39, 0.29) is 18.9 Å². The molecule has 0 rings (SSSR count). The second-order valence-electron chi connectivity index (χ2n) is 2.11. The van der Waals surface area contributed by atoms with Crippen molar-refractivity contribution in [2.24, 2.45) is 0 Å². The third kappa shape index (κ3) is 4.13. The molecule has 0 heterocycles. The normalized spacial score (nSPS) is 8.82. The van der Waals surface area contributed by atoms with Gasteiger partial charge in [-0.3, -0.25) is 9.59 Å². The lowest BCUT2D eigenvalue weighted by molar-refractivity contribution is -0.137. The maximum atomic E-state index is 10.7. The highest BCUT2D eigenvalue weighted by Gasteiger charge is 2.05. The van der Waals surface area contributed by atoms with E-state index in [1.807, 2.05) is 0 Å². The molecule has 0 bridgehead atoms. The molecule has 4 heteroatoms. The molecule has 11 heavy (non-hydrogen) atoms. The van der Waals surface area contributed by atoms with Crippen LogP contribution in [0.2, 0.25) is 0 Å². The van der Waals surface area contributed by atoms with E-state index >= 15 is 0 Å². The van der Waals surface area contributed by atoms with Gasteiger partial charge in [-0.25, -0.2) is 0 Å². The largest absolute Gasteiger partial charge is 0.481 e. The third-order valence-electron chi connectivity index (χ3n) is 1.21. The molecule has 0 saturated carbocycles. The van der Waals surface area contributed by atoms with Gasteiger partial charge in [-0.2, -0.15) is 0 Å². The highest BCUT2D eigenvalue weighted by atomic mass is 16.4. The monoisotopic (exact) mass is 157 g/mol. The van der Waals surface area contributed by atoms with Crippen molar-refractivity contribution < 1.29 is 14.7 Å². The summed E-state index contributed by atoms with van der Waals surface area (Å²) >= 11 is 0. The zero-order chi connectivity index (χ0) is 8.85. The van der Waals surface area contributed by atoms with Crippen LogP contribution in [-0.4, -0.2) is 35.5 Å². The van der Waals surface area contributed by atoms with Crippen molar-refractivity contribution in [1.29, 1.82) is 0 Å². The van der Waals surface area contributed by atoms with Gasteiger partial charge in [0.15, 0.2) is 0 Å². The lowest BCUT2D eigenvalue weighted by Crippen LogP contribution is -2.27. The van der Waals surface area contributed by atoms with Gasteiger partial charge in [-0.1, -0.05) is 6.58 Å². The summed E-state index contributed by atoms with van der Waals surface area (Å²) in [6.07, 6.45) is 1.12. The van der Waals surface area contributed by atoms with Gasteiger partial charge in [0.1, 0.15) is 0 Å². The topological polar surface area (TPSA) is 57.6 Å². The number of hydrogen-bond acceptors (Lipinski definition) is 2. The molecule has 0 saturated heterocycles. The van der Waals surface area contributed by atoms with Crippen molar-refractivity contribution in [3.8, 4) is 0 Å². The van der Waals surface area contributed by atoms with E-state index in [2.05, 4.69) is 6.58 Å². The Balaban J connectivity index is 3.68. The number of aliphatic carboxylic acids is 1. The molecule has 0 radical (unpaired) electrons. The van der Waals surface area contributed by atoms with Crippen LogP contribution in [0.15, 0.2) is 12.7 Å². The summed E-state index contributed by atoms with van der Waals surface area (Å²) in [4.78, 5) is 22.1. The summed E-state index contributed by atoms with van der Waals surface area (Å²) in [7, 11) is 1.53. The number of carbonyl (C=O) groups is 2. The molecular weight excluding hydrogens is 146 g/mol. The molecular formula is C7H11NO3. The fraction of sp³-hybridized carbons (Fsp3) is 0.429. The van der Waals surface area contributed by atoms with Gasteiger partial charge in [-0.15, -0.1) is 0 Å². The minimum absolute atomic E-state index is 0.0317. The van der Waals surface area contributed by atoms with Crippen molar-refractivity contribution in [2.75, 3.05) is 13.6 Å². The van der Waals surface area contributed by atoms with Gasteiger partial charge in [0, 0.05) is 13.6 Å². The van der Waals surface area contributed by atoms with Gasteiger partial charge in [0.25, 0.3) is 0 Å². The minimum Gasteiger partial charge on any atom is -0.481 e. The van der Waals surface area contributed by atoms with Gasteiger partial charge < -0.3 is 10.0 Å². The lowest BCUT2D eigenvalue weighted by atomic mass is 10.4. The number of carbonyl (C=O) groups excluding carboxylic acids is 1. The molecule has 0 aromatic rings. The number of amides is 1. The van der Waals surface area contributed by atoms with Crippen LogP contribution in [0.4, 0.5) is 0 Å². The molecule has 0 aliphatic rings. The van der Waals surface area contributed by atoms with Crippen LogP contribution in [0.25, 0.3) is 0 Å². The van der Waals surface area contributed by atoms with Crippen LogP contribution in [0, 0.1) is 0 Å². The standard InChI is InChI=1S/C7H11NO3/c1-3-6(9)8(2)5-4-7(10)11/h3H,1,4-5H2,2H3,(H,10,11). The van der Waals surface area contributed by atoms with Crippen molar-refractivity contribution in [3.05, 3.63) is 12.7 Å². The van der Waals surface area contributed by atoms with Gasteiger partial charge >= 0.3 is 5.97 Å². The highest BCUT2D eigenvalue weighted by molar-refractivity contribution is 5.87. The predicted octanol–water partition coefficient (Wildman–Crippen LogP) is 0.106.